The van der Waals surface area contributed by atoms with Gasteiger partial charge in [0.25, 0.3) is 0 Å². The summed E-state index contributed by atoms with van der Waals surface area (Å²) in [4.78, 5) is 73.0. The second-order valence-electron chi connectivity index (χ2n) is 26.6. The summed E-state index contributed by atoms with van der Waals surface area (Å²) < 4.78 is 68.5. The molecule has 0 aliphatic carbocycles. The highest BCUT2D eigenvalue weighted by Crippen LogP contribution is 2.45. The lowest BCUT2D eigenvalue weighted by molar-refractivity contribution is -0.161. The lowest BCUT2D eigenvalue weighted by Crippen LogP contribution is -2.30. The molecule has 0 radical (unpaired) electrons. The number of hydrogen-bond acceptors (Lipinski definition) is 15. The van der Waals surface area contributed by atoms with Crippen molar-refractivity contribution in [2.24, 2.45) is 0 Å². The number of unbranched alkanes of at least 4 members (excludes halogenated alkanes) is 23. The molecular weight excluding hydrogens is 1380 g/mol. The van der Waals surface area contributed by atoms with Crippen LogP contribution in [0.25, 0.3) is 0 Å². The average Bonchev–Trinajstić information content (AvgIpc) is 0.933. The number of phosphoric ester groups is 2. The maximum absolute atomic E-state index is 13.1. The summed E-state index contributed by atoms with van der Waals surface area (Å²) in [5.41, 5.74) is 0. The molecule has 5 unspecified atom stereocenters. The first-order valence-electron chi connectivity index (χ1n) is 40.7. The summed E-state index contributed by atoms with van der Waals surface area (Å²) in [5.74, 6) is -2.33. The van der Waals surface area contributed by atoms with Gasteiger partial charge in [-0.15, -0.1) is 0 Å². The van der Waals surface area contributed by atoms with Crippen molar-refractivity contribution in [3.05, 3.63) is 158 Å². The van der Waals surface area contributed by atoms with E-state index in [0.717, 1.165) is 154 Å². The van der Waals surface area contributed by atoms with Crippen LogP contribution in [0.1, 0.15) is 310 Å². The van der Waals surface area contributed by atoms with Crippen molar-refractivity contribution in [3.8, 4) is 0 Å². The molecule has 19 heteroatoms. The zero-order chi connectivity index (χ0) is 77.4. The Morgan fingerprint density at radius 2 is 0.509 bits per heavy atom. The monoisotopic (exact) mass is 1520 g/mol. The first kappa shape index (κ1) is 101. The Bertz CT molecular complexity index is 2630. The summed E-state index contributed by atoms with van der Waals surface area (Å²) in [6, 6.07) is 0. The Morgan fingerprint density at radius 1 is 0.274 bits per heavy atom. The van der Waals surface area contributed by atoms with Crippen molar-refractivity contribution in [3.63, 3.8) is 0 Å². The number of esters is 4. The predicted octanol–water partition coefficient (Wildman–Crippen LogP) is 24.0. The average molecular weight is 1520 g/mol. The Kier molecular flexibility index (Phi) is 73.9. The third kappa shape index (κ3) is 76.9. The second-order valence-corrected chi connectivity index (χ2v) is 29.5. The number of allylic oxidation sites excluding steroid dienone is 26. The van der Waals surface area contributed by atoms with Gasteiger partial charge >= 0.3 is 39.5 Å². The third-order valence-corrected chi connectivity index (χ3v) is 18.4. The van der Waals surface area contributed by atoms with Crippen molar-refractivity contribution >= 4 is 39.5 Å². The van der Waals surface area contributed by atoms with E-state index in [1.165, 1.54) is 70.6 Å². The van der Waals surface area contributed by atoms with Crippen LogP contribution in [0.4, 0.5) is 0 Å². The van der Waals surface area contributed by atoms with E-state index in [9.17, 15) is 43.2 Å². The van der Waals surface area contributed by atoms with Gasteiger partial charge in [-0.1, -0.05) is 301 Å². The molecule has 0 aromatic carbocycles. The fourth-order valence-corrected chi connectivity index (χ4v) is 11.9. The molecule has 3 N–H and O–H groups in total. The molecule has 0 amide bonds. The number of rotatable bonds is 75. The molecule has 106 heavy (non-hydrogen) atoms. The van der Waals surface area contributed by atoms with E-state index in [1.54, 1.807) is 0 Å². The summed E-state index contributed by atoms with van der Waals surface area (Å²) in [5, 5.41) is 10.6. The SMILES string of the molecule is CC/C=C\C/C=C\C/C=C\C/C=C\C/C=C\C/C=C\CCC(=O)OCC(COP(=O)(O)OCC(O)COP(=O)(O)OCC(COC(=O)CCCCC/C=C\C/C=C\C/C=C\C/C=C\C/C=C\CC)OC(=O)CCCCCCCCCCCCCCC)OC(=O)CCCCCCC/C=C\C/C=C\CCCCC. The van der Waals surface area contributed by atoms with Crippen molar-refractivity contribution < 1.29 is 80.2 Å². The van der Waals surface area contributed by atoms with Crippen LogP contribution in [0.5, 0.6) is 0 Å². The Labute approximate surface area is 642 Å². The smallest absolute Gasteiger partial charge is 0.462 e. The van der Waals surface area contributed by atoms with Crippen molar-refractivity contribution in [1.82, 2.24) is 0 Å². The zero-order valence-corrected chi connectivity index (χ0v) is 67.8. The van der Waals surface area contributed by atoms with E-state index in [-0.39, 0.29) is 25.7 Å². The molecule has 5 atom stereocenters. The highest BCUT2D eigenvalue weighted by Gasteiger charge is 2.30. The summed E-state index contributed by atoms with van der Waals surface area (Å²) in [7, 11) is -10.00. The van der Waals surface area contributed by atoms with Crippen LogP contribution in [0.2, 0.25) is 0 Å². The van der Waals surface area contributed by atoms with Crippen molar-refractivity contribution in [2.45, 2.75) is 329 Å². The molecule has 0 aliphatic heterocycles. The fraction of sp³-hybridized carbons (Fsp3) is 0.655. The molecule has 0 heterocycles. The molecule has 0 spiro atoms. The van der Waals surface area contributed by atoms with Crippen molar-refractivity contribution in [1.29, 1.82) is 0 Å². The normalized spacial score (nSPS) is 14.7. The molecule has 0 fully saturated rings. The van der Waals surface area contributed by atoms with Crippen LogP contribution in [0, 0.1) is 0 Å². The predicted molar refractivity (Wildman–Crippen MR) is 436 cm³/mol. The van der Waals surface area contributed by atoms with Crippen LogP contribution in [-0.2, 0) is 65.4 Å². The number of carbonyl (C=O) groups is 4. The number of aliphatic hydroxyl groups excluding tert-OH is 1. The maximum Gasteiger partial charge on any atom is 0.472 e. The van der Waals surface area contributed by atoms with Gasteiger partial charge in [0.05, 0.1) is 26.4 Å². The van der Waals surface area contributed by atoms with E-state index in [4.69, 9.17) is 37.0 Å². The van der Waals surface area contributed by atoms with Gasteiger partial charge in [-0.25, -0.2) is 9.13 Å². The van der Waals surface area contributed by atoms with Gasteiger partial charge in [-0.3, -0.25) is 37.3 Å². The number of phosphoric acid groups is 2. The minimum Gasteiger partial charge on any atom is -0.462 e. The molecule has 0 rings (SSSR count). The molecule has 17 nitrogen and oxygen atoms in total. The molecule has 0 saturated carbocycles. The maximum atomic E-state index is 13.1. The van der Waals surface area contributed by atoms with Gasteiger partial charge in [-0.2, -0.15) is 0 Å². The Balaban J connectivity index is 5.46. The topological polar surface area (TPSA) is 237 Å². The van der Waals surface area contributed by atoms with Crippen LogP contribution >= 0.6 is 15.6 Å². The largest absolute Gasteiger partial charge is 0.472 e. The van der Waals surface area contributed by atoms with Gasteiger partial charge in [0.15, 0.2) is 12.2 Å². The van der Waals surface area contributed by atoms with E-state index >= 15 is 0 Å². The lowest BCUT2D eigenvalue weighted by atomic mass is 10.0. The van der Waals surface area contributed by atoms with Crippen LogP contribution in [0.3, 0.4) is 0 Å². The van der Waals surface area contributed by atoms with Crippen LogP contribution in [-0.4, -0.2) is 96.7 Å². The highest BCUT2D eigenvalue weighted by atomic mass is 31.2. The van der Waals surface area contributed by atoms with Crippen LogP contribution in [0.15, 0.2) is 158 Å². The van der Waals surface area contributed by atoms with E-state index in [0.29, 0.717) is 32.1 Å². The third-order valence-electron chi connectivity index (χ3n) is 16.5. The minimum atomic E-state index is -5.00. The summed E-state index contributed by atoms with van der Waals surface area (Å²) in [6.45, 7) is 4.49. The summed E-state index contributed by atoms with van der Waals surface area (Å²) >= 11 is 0. The van der Waals surface area contributed by atoms with Gasteiger partial charge in [-0.05, 0) is 141 Å². The number of carbonyl (C=O) groups excluding carboxylic acids is 4. The van der Waals surface area contributed by atoms with Crippen LogP contribution < -0.4 is 0 Å². The van der Waals surface area contributed by atoms with Gasteiger partial charge in [0.2, 0.25) is 0 Å². The first-order valence-corrected chi connectivity index (χ1v) is 43.7. The van der Waals surface area contributed by atoms with E-state index in [1.807, 2.05) is 18.2 Å². The minimum absolute atomic E-state index is 0.0285. The first-order chi connectivity index (χ1) is 51.7. The number of ether oxygens (including phenoxy) is 4. The zero-order valence-electron chi connectivity index (χ0n) is 66.1. The van der Waals surface area contributed by atoms with Crippen molar-refractivity contribution in [2.75, 3.05) is 39.6 Å². The molecule has 0 aromatic rings. The highest BCUT2D eigenvalue weighted by molar-refractivity contribution is 7.47. The summed E-state index contributed by atoms with van der Waals surface area (Å²) in [6.07, 6.45) is 90.9. The van der Waals surface area contributed by atoms with Gasteiger partial charge in [0.1, 0.15) is 19.3 Å². The van der Waals surface area contributed by atoms with E-state index < -0.39 is 97.5 Å². The lowest BCUT2D eigenvalue weighted by Gasteiger charge is -2.21. The Morgan fingerprint density at radius 3 is 0.840 bits per heavy atom. The molecular formula is C87H144O17P2. The molecule has 0 saturated heterocycles. The molecule has 0 aliphatic rings. The fourth-order valence-electron chi connectivity index (χ4n) is 10.4. The molecule has 604 valence electrons. The second kappa shape index (κ2) is 77.8. The number of hydrogen-bond donors (Lipinski definition) is 3. The molecule has 0 bridgehead atoms. The quantitative estimate of drug-likeness (QED) is 0.0169. The molecule has 0 aromatic heterocycles. The van der Waals surface area contributed by atoms with Gasteiger partial charge in [0, 0.05) is 25.7 Å². The van der Waals surface area contributed by atoms with Gasteiger partial charge < -0.3 is 33.8 Å². The Hall–Kier alpha value is -5.32. The standard InChI is InChI=1S/C87H144O17P2/c1-5-9-13-17-21-25-29-33-36-38-40-42-45-48-51-55-59-63-67-71-84(89)97-77-82(103-86(91)73-69-65-61-57-53-47-32-28-24-20-16-12-8-4)79-101-105(93,94)99-75-81(88)76-100-106(95,96)102-80-83(104-87(92)74-70-66-62-58-54-50-44-35-31-27-23-19-15-11-7-3)78-98-85(90)72-68-64-60-56-52-49-46-43-41-39-37-34-30-26-22-18-14-10-6-2/h9-10,13-14,21-23,25-27,33-37,40-44,48-49,51-52,60,64,81-83,88H,5-8,11-12,15-20,24,28-32,38-39,45-47,50,53-59,61-63,65-80H2,1-4H3,(H,93,94)(H,95,96)/b13-9-,14-10-,25-21-,26-22-,27-23-,36-33-,37-34-,42-40-,43-41-,44-35-,51-48-,52-49-,64-60-. The number of aliphatic hydroxyl groups is 1. The van der Waals surface area contributed by atoms with E-state index in [2.05, 4.69) is 167 Å².